The summed E-state index contributed by atoms with van der Waals surface area (Å²) in [6.07, 6.45) is -0.000370. The van der Waals surface area contributed by atoms with Crippen LogP contribution in [0.1, 0.15) is 54.0 Å². The van der Waals surface area contributed by atoms with Crippen LogP contribution in [0.25, 0.3) is 0 Å². The largest absolute Gasteiger partial charge is 0.375 e. The van der Waals surface area contributed by atoms with Gasteiger partial charge in [0.05, 0.1) is 17.1 Å². The van der Waals surface area contributed by atoms with E-state index in [9.17, 15) is 19.7 Å². The van der Waals surface area contributed by atoms with Gasteiger partial charge in [-0.05, 0) is 57.5 Å². The first-order valence-corrected chi connectivity index (χ1v) is 11.0. The van der Waals surface area contributed by atoms with Crippen molar-refractivity contribution in [3.05, 3.63) is 69.3 Å². The van der Waals surface area contributed by atoms with Crippen LogP contribution in [0.3, 0.4) is 0 Å². The molecule has 1 aliphatic rings. The van der Waals surface area contributed by atoms with Crippen LogP contribution in [0.15, 0.2) is 42.5 Å². The molecule has 2 unspecified atom stereocenters. The Kier molecular flexibility index (Phi) is 7.65. The van der Waals surface area contributed by atoms with E-state index in [1.54, 1.807) is 23.1 Å². The molecular formula is C24H30N4O5. The highest BCUT2D eigenvalue weighted by Crippen LogP contribution is 2.26. The second kappa shape index (κ2) is 10.4. The third kappa shape index (κ3) is 6.29. The number of carbonyl (C=O) groups excluding carboxylic acids is 2. The Hall–Kier alpha value is -3.46. The molecule has 1 saturated heterocycles. The third-order valence-corrected chi connectivity index (χ3v) is 5.27. The van der Waals surface area contributed by atoms with E-state index in [4.69, 9.17) is 4.74 Å². The lowest BCUT2D eigenvalue weighted by atomic mass is 10.1. The van der Waals surface area contributed by atoms with Crippen LogP contribution >= 0.6 is 0 Å². The first-order valence-electron chi connectivity index (χ1n) is 11.0. The molecule has 0 spiro atoms. The monoisotopic (exact) mass is 454 g/mol. The smallest absolute Gasteiger partial charge is 0.293 e. The van der Waals surface area contributed by atoms with Crippen LogP contribution in [0.5, 0.6) is 0 Å². The molecule has 3 rings (SSSR count). The van der Waals surface area contributed by atoms with Gasteiger partial charge >= 0.3 is 0 Å². The van der Waals surface area contributed by atoms with Crippen LogP contribution in [0.2, 0.25) is 0 Å². The van der Waals surface area contributed by atoms with Gasteiger partial charge in [-0.15, -0.1) is 0 Å². The van der Waals surface area contributed by atoms with Crippen LogP contribution in [0, 0.1) is 10.1 Å². The molecule has 9 heteroatoms. The number of hydrogen-bond acceptors (Lipinski definition) is 6. The molecule has 1 heterocycles. The van der Waals surface area contributed by atoms with Gasteiger partial charge < -0.3 is 20.3 Å². The molecule has 176 valence electrons. The second-order valence-electron chi connectivity index (χ2n) is 8.64. The number of nitrogens with zero attached hydrogens (tertiary/aromatic N) is 2. The molecule has 2 aromatic rings. The summed E-state index contributed by atoms with van der Waals surface area (Å²) in [7, 11) is 0. The van der Waals surface area contributed by atoms with Gasteiger partial charge in [0.25, 0.3) is 17.5 Å². The average Bonchev–Trinajstić information content (AvgIpc) is 2.76. The molecule has 2 amide bonds. The molecule has 1 aliphatic heterocycles. The Labute approximate surface area is 193 Å². The van der Waals surface area contributed by atoms with Crippen LogP contribution < -0.4 is 10.6 Å². The van der Waals surface area contributed by atoms with Gasteiger partial charge in [-0.25, -0.2) is 0 Å². The number of hydrogen-bond donors (Lipinski definition) is 2. The second-order valence-corrected chi connectivity index (χ2v) is 8.64. The first-order chi connectivity index (χ1) is 15.6. The van der Waals surface area contributed by atoms with Crippen molar-refractivity contribution in [1.29, 1.82) is 0 Å². The SMILES string of the molecule is CC(C)NC(=O)c1ccc(NCc2ccc(C(=O)N3CC(C)OC(C)C3)cc2)c([N+](=O)[O-])c1. The summed E-state index contributed by atoms with van der Waals surface area (Å²) < 4.78 is 5.69. The van der Waals surface area contributed by atoms with Crippen molar-refractivity contribution in [1.82, 2.24) is 10.2 Å². The summed E-state index contributed by atoms with van der Waals surface area (Å²) in [6, 6.07) is 11.5. The molecule has 0 radical (unpaired) electrons. The number of benzene rings is 2. The van der Waals surface area contributed by atoms with Crippen molar-refractivity contribution in [2.24, 2.45) is 0 Å². The number of nitro groups is 1. The molecule has 0 aliphatic carbocycles. The zero-order valence-electron chi connectivity index (χ0n) is 19.3. The summed E-state index contributed by atoms with van der Waals surface area (Å²) in [5, 5.41) is 17.3. The van der Waals surface area contributed by atoms with E-state index in [2.05, 4.69) is 10.6 Å². The van der Waals surface area contributed by atoms with Crippen molar-refractivity contribution in [2.45, 2.75) is 52.5 Å². The Bertz CT molecular complexity index is 1010. The molecule has 0 saturated carbocycles. The van der Waals surface area contributed by atoms with E-state index >= 15 is 0 Å². The number of rotatable bonds is 7. The van der Waals surface area contributed by atoms with Gasteiger partial charge in [0.1, 0.15) is 5.69 Å². The zero-order chi connectivity index (χ0) is 24.1. The van der Waals surface area contributed by atoms with E-state index < -0.39 is 4.92 Å². The predicted molar refractivity (Wildman–Crippen MR) is 125 cm³/mol. The minimum atomic E-state index is -0.513. The highest BCUT2D eigenvalue weighted by Gasteiger charge is 2.26. The molecule has 0 bridgehead atoms. The molecule has 2 atom stereocenters. The van der Waals surface area contributed by atoms with Gasteiger partial charge in [0, 0.05) is 42.9 Å². The summed E-state index contributed by atoms with van der Waals surface area (Å²) >= 11 is 0. The molecule has 2 N–H and O–H groups in total. The highest BCUT2D eigenvalue weighted by atomic mass is 16.6. The topological polar surface area (TPSA) is 114 Å². The van der Waals surface area contributed by atoms with E-state index in [1.807, 2.05) is 39.8 Å². The standard InChI is InChI=1S/C24H30N4O5/c1-15(2)26-23(29)20-9-10-21(22(11-20)28(31)32)25-12-18-5-7-19(8-6-18)24(30)27-13-16(3)33-17(4)14-27/h5-11,15-17,25H,12-14H2,1-4H3,(H,26,29). The number of nitrogens with one attached hydrogen (secondary N) is 2. The predicted octanol–water partition coefficient (Wildman–Crippen LogP) is 3.59. The van der Waals surface area contributed by atoms with Crippen molar-refractivity contribution in [2.75, 3.05) is 18.4 Å². The van der Waals surface area contributed by atoms with Crippen LogP contribution in [0.4, 0.5) is 11.4 Å². The minimum absolute atomic E-state index is 0.000185. The van der Waals surface area contributed by atoms with E-state index in [-0.39, 0.29) is 41.3 Å². The highest BCUT2D eigenvalue weighted by molar-refractivity contribution is 5.96. The lowest BCUT2D eigenvalue weighted by Gasteiger charge is -2.35. The van der Waals surface area contributed by atoms with Crippen molar-refractivity contribution < 1.29 is 19.2 Å². The van der Waals surface area contributed by atoms with E-state index in [0.29, 0.717) is 30.9 Å². The molecule has 9 nitrogen and oxygen atoms in total. The van der Waals surface area contributed by atoms with Crippen LogP contribution in [-0.4, -0.2) is 53.0 Å². The maximum Gasteiger partial charge on any atom is 0.293 e. The van der Waals surface area contributed by atoms with Gasteiger partial charge in [-0.2, -0.15) is 0 Å². The summed E-state index contributed by atoms with van der Waals surface area (Å²) in [5.74, 6) is -0.397. The minimum Gasteiger partial charge on any atom is -0.375 e. The molecule has 1 fully saturated rings. The number of anilines is 1. The number of amides is 2. The van der Waals surface area contributed by atoms with Gasteiger partial charge in [0.15, 0.2) is 0 Å². The lowest BCUT2D eigenvalue weighted by molar-refractivity contribution is -0.384. The van der Waals surface area contributed by atoms with Crippen molar-refractivity contribution in [3.8, 4) is 0 Å². The normalized spacial score (nSPS) is 18.2. The number of carbonyl (C=O) groups is 2. The fourth-order valence-corrected chi connectivity index (χ4v) is 3.81. The Morgan fingerprint density at radius 1 is 1.09 bits per heavy atom. The number of nitro benzene ring substituents is 1. The number of morpholine rings is 1. The maximum atomic E-state index is 12.8. The third-order valence-electron chi connectivity index (χ3n) is 5.27. The average molecular weight is 455 g/mol. The zero-order valence-corrected chi connectivity index (χ0v) is 19.3. The van der Waals surface area contributed by atoms with Crippen molar-refractivity contribution >= 4 is 23.2 Å². The fourth-order valence-electron chi connectivity index (χ4n) is 3.81. The van der Waals surface area contributed by atoms with Gasteiger partial charge in [-0.3, -0.25) is 19.7 Å². The van der Waals surface area contributed by atoms with Gasteiger partial charge in [-0.1, -0.05) is 12.1 Å². The van der Waals surface area contributed by atoms with Gasteiger partial charge in [0.2, 0.25) is 0 Å². The summed E-state index contributed by atoms with van der Waals surface area (Å²) in [4.78, 5) is 37.8. The fraction of sp³-hybridized carbons (Fsp3) is 0.417. The lowest BCUT2D eigenvalue weighted by Crippen LogP contribution is -2.48. The van der Waals surface area contributed by atoms with Crippen molar-refractivity contribution in [3.63, 3.8) is 0 Å². The number of ether oxygens (including phenoxy) is 1. The molecule has 33 heavy (non-hydrogen) atoms. The molecule has 0 aromatic heterocycles. The van der Waals surface area contributed by atoms with E-state index in [0.717, 1.165) is 5.56 Å². The quantitative estimate of drug-likeness (QED) is 0.488. The molecule has 2 aromatic carbocycles. The Morgan fingerprint density at radius 2 is 1.70 bits per heavy atom. The van der Waals surface area contributed by atoms with E-state index in [1.165, 1.54) is 12.1 Å². The maximum absolute atomic E-state index is 12.8. The first kappa shape index (κ1) is 24.2. The summed E-state index contributed by atoms with van der Waals surface area (Å²) in [5.41, 5.74) is 1.83. The summed E-state index contributed by atoms with van der Waals surface area (Å²) in [6.45, 7) is 8.99. The molecular weight excluding hydrogens is 424 g/mol. The Morgan fingerprint density at radius 3 is 2.27 bits per heavy atom. The van der Waals surface area contributed by atoms with Crippen LogP contribution in [-0.2, 0) is 11.3 Å². The Balaban J connectivity index is 1.66.